The van der Waals surface area contributed by atoms with Crippen LogP contribution in [0.4, 0.5) is 14.5 Å². The van der Waals surface area contributed by atoms with Gasteiger partial charge in [-0.3, -0.25) is 10.1 Å². The first-order valence-electron chi connectivity index (χ1n) is 5.97. The monoisotopic (exact) mass is 325 g/mol. The lowest BCUT2D eigenvalue weighted by atomic mass is 10.3. The molecule has 0 radical (unpaired) electrons. The van der Waals surface area contributed by atoms with Gasteiger partial charge in [0, 0.05) is 17.0 Å². The lowest BCUT2D eigenvalue weighted by Gasteiger charge is -2.14. The van der Waals surface area contributed by atoms with Crippen molar-refractivity contribution in [1.29, 1.82) is 0 Å². The van der Waals surface area contributed by atoms with Gasteiger partial charge in [-0.1, -0.05) is 18.2 Å². The fourth-order valence-electron chi connectivity index (χ4n) is 1.48. The van der Waals surface area contributed by atoms with Gasteiger partial charge in [0.15, 0.2) is 0 Å². The maximum Gasteiger partial charge on any atom is 0.394 e. The standard InChI is InChI=1S/C14H9F2NO4S/c15-14(16,22-12-4-2-1-3-5-12)13(18)21-11-8-6-10(7-9-11)17(19)20/h1-9H. The highest BCUT2D eigenvalue weighted by Crippen LogP contribution is 2.37. The second kappa shape index (κ2) is 6.52. The van der Waals surface area contributed by atoms with Crippen LogP contribution in [0.1, 0.15) is 0 Å². The third kappa shape index (κ3) is 4.01. The minimum Gasteiger partial charge on any atom is -0.421 e. The van der Waals surface area contributed by atoms with Crippen molar-refractivity contribution in [3.8, 4) is 5.75 Å². The Balaban J connectivity index is 2.05. The van der Waals surface area contributed by atoms with Crippen molar-refractivity contribution in [2.75, 3.05) is 0 Å². The van der Waals surface area contributed by atoms with Gasteiger partial charge >= 0.3 is 11.2 Å². The number of benzene rings is 2. The van der Waals surface area contributed by atoms with Gasteiger partial charge in [0.1, 0.15) is 5.75 Å². The summed E-state index contributed by atoms with van der Waals surface area (Å²) < 4.78 is 32.1. The molecule has 0 heterocycles. The summed E-state index contributed by atoms with van der Waals surface area (Å²) in [5.41, 5.74) is -0.231. The van der Waals surface area contributed by atoms with Crippen LogP contribution >= 0.6 is 11.8 Å². The summed E-state index contributed by atoms with van der Waals surface area (Å²) in [6, 6.07) is 12.0. The average molecular weight is 325 g/mol. The van der Waals surface area contributed by atoms with Crippen molar-refractivity contribution in [1.82, 2.24) is 0 Å². The maximum absolute atomic E-state index is 13.8. The number of halogens is 2. The summed E-state index contributed by atoms with van der Waals surface area (Å²) in [6.45, 7) is 0. The molecule has 0 N–H and O–H groups in total. The van der Waals surface area contributed by atoms with Crippen molar-refractivity contribution in [3.05, 3.63) is 64.7 Å². The normalized spacial score (nSPS) is 11.0. The number of nitrogens with zero attached hydrogens (tertiary/aromatic N) is 1. The Morgan fingerprint density at radius 1 is 1.09 bits per heavy atom. The first-order chi connectivity index (χ1) is 10.4. The summed E-state index contributed by atoms with van der Waals surface area (Å²) in [6.07, 6.45) is 0. The zero-order valence-electron chi connectivity index (χ0n) is 10.9. The van der Waals surface area contributed by atoms with Gasteiger partial charge in [0.2, 0.25) is 0 Å². The minimum absolute atomic E-state index is 0.0652. The zero-order valence-corrected chi connectivity index (χ0v) is 11.8. The first-order valence-corrected chi connectivity index (χ1v) is 6.79. The third-order valence-corrected chi connectivity index (χ3v) is 3.42. The van der Waals surface area contributed by atoms with Gasteiger partial charge < -0.3 is 4.74 Å². The van der Waals surface area contributed by atoms with Crippen LogP contribution in [-0.2, 0) is 4.79 Å². The number of carbonyl (C=O) groups is 1. The second-order valence-corrected chi connectivity index (χ2v) is 5.26. The highest BCUT2D eigenvalue weighted by Gasteiger charge is 2.42. The molecule has 8 heteroatoms. The van der Waals surface area contributed by atoms with Crippen LogP contribution in [0, 0.1) is 10.1 Å². The number of hydrogen-bond donors (Lipinski definition) is 0. The van der Waals surface area contributed by atoms with Crippen molar-refractivity contribution in [2.45, 2.75) is 10.2 Å². The number of nitro benzene ring substituents is 1. The summed E-state index contributed by atoms with van der Waals surface area (Å²) in [7, 11) is 0. The molecule has 0 bridgehead atoms. The lowest BCUT2D eigenvalue weighted by molar-refractivity contribution is -0.384. The number of hydrogen-bond acceptors (Lipinski definition) is 5. The molecule has 2 rings (SSSR count). The molecule has 0 unspecified atom stereocenters. The first kappa shape index (κ1) is 15.9. The van der Waals surface area contributed by atoms with E-state index in [0.29, 0.717) is 0 Å². The van der Waals surface area contributed by atoms with Crippen LogP contribution in [-0.4, -0.2) is 16.1 Å². The van der Waals surface area contributed by atoms with E-state index >= 15 is 0 Å². The topological polar surface area (TPSA) is 69.4 Å². The summed E-state index contributed by atoms with van der Waals surface area (Å²) in [4.78, 5) is 21.6. The van der Waals surface area contributed by atoms with E-state index in [-0.39, 0.29) is 28.1 Å². The molecule has 114 valence electrons. The van der Waals surface area contributed by atoms with E-state index in [2.05, 4.69) is 4.74 Å². The van der Waals surface area contributed by atoms with Crippen molar-refractivity contribution >= 4 is 23.4 Å². The molecule has 0 saturated carbocycles. The van der Waals surface area contributed by atoms with Gasteiger partial charge in [-0.2, -0.15) is 8.78 Å². The van der Waals surface area contributed by atoms with E-state index in [1.54, 1.807) is 18.2 Å². The number of ether oxygens (including phenoxy) is 1. The van der Waals surface area contributed by atoms with Crippen LogP contribution in [0.25, 0.3) is 0 Å². The van der Waals surface area contributed by atoms with Crippen LogP contribution in [0.2, 0.25) is 0 Å². The van der Waals surface area contributed by atoms with Gasteiger partial charge in [-0.05, 0) is 36.0 Å². The van der Waals surface area contributed by atoms with E-state index < -0.39 is 16.1 Å². The Hall–Kier alpha value is -2.48. The fraction of sp³-hybridized carbons (Fsp3) is 0.0714. The van der Waals surface area contributed by atoms with Crippen LogP contribution in [0.3, 0.4) is 0 Å². The summed E-state index contributed by atoms with van der Waals surface area (Å²) in [5, 5.41) is 6.70. The zero-order chi connectivity index (χ0) is 16.2. The molecule has 0 spiro atoms. The molecule has 0 aromatic heterocycles. The molecule has 2 aromatic carbocycles. The Morgan fingerprint density at radius 3 is 2.23 bits per heavy atom. The Labute approximate surface area is 128 Å². The summed E-state index contributed by atoms with van der Waals surface area (Å²) >= 11 is 0.0652. The number of esters is 1. The number of carbonyl (C=O) groups excluding carboxylic acids is 1. The molecular weight excluding hydrogens is 316 g/mol. The lowest BCUT2D eigenvalue weighted by Crippen LogP contribution is -2.29. The third-order valence-electron chi connectivity index (χ3n) is 2.48. The SMILES string of the molecule is O=C(Oc1ccc([N+](=O)[O-])cc1)C(F)(F)Sc1ccccc1. The van der Waals surface area contributed by atoms with E-state index in [9.17, 15) is 23.7 Å². The smallest absolute Gasteiger partial charge is 0.394 e. The Kier molecular flexibility index (Phi) is 4.71. The number of alkyl halides is 2. The predicted octanol–water partition coefficient (Wildman–Crippen LogP) is 3.89. The second-order valence-electron chi connectivity index (χ2n) is 4.07. The molecule has 0 atom stereocenters. The van der Waals surface area contributed by atoms with Crippen LogP contribution < -0.4 is 4.74 Å². The largest absolute Gasteiger partial charge is 0.421 e. The van der Waals surface area contributed by atoms with Crippen LogP contribution in [0.5, 0.6) is 5.75 Å². The van der Waals surface area contributed by atoms with Gasteiger partial charge in [0.05, 0.1) is 4.92 Å². The highest BCUT2D eigenvalue weighted by atomic mass is 32.2. The van der Waals surface area contributed by atoms with Crippen LogP contribution in [0.15, 0.2) is 59.5 Å². The molecule has 2 aromatic rings. The number of rotatable bonds is 5. The van der Waals surface area contributed by atoms with Crippen molar-refractivity contribution < 1.29 is 23.2 Å². The van der Waals surface area contributed by atoms with E-state index in [1.807, 2.05) is 0 Å². The molecule has 5 nitrogen and oxygen atoms in total. The molecule has 0 aliphatic rings. The molecule has 0 aliphatic heterocycles. The van der Waals surface area contributed by atoms with Gasteiger partial charge in [-0.15, -0.1) is 0 Å². The fourth-order valence-corrected chi connectivity index (χ4v) is 2.19. The minimum atomic E-state index is -3.77. The average Bonchev–Trinajstić information content (AvgIpc) is 2.48. The highest BCUT2D eigenvalue weighted by molar-refractivity contribution is 8.01. The molecular formula is C14H9F2NO4S. The molecule has 0 amide bonds. The maximum atomic E-state index is 13.8. The number of non-ortho nitro benzene ring substituents is 1. The predicted molar refractivity (Wildman–Crippen MR) is 76.0 cm³/mol. The van der Waals surface area contributed by atoms with E-state index in [4.69, 9.17) is 0 Å². The van der Waals surface area contributed by atoms with Crippen molar-refractivity contribution in [3.63, 3.8) is 0 Å². The van der Waals surface area contributed by atoms with E-state index in [0.717, 1.165) is 24.3 Å². The molecule has 0 aliphatic carbocycles. The van der Waals surface area contributed by atoms with Gasteiger partial charge in [-0.25, -0.2) is 4.79 Å². The number of nitro groups is 1. The molecule has 0 saturated heterocycles. The summed E-state index contributed by atoms with van der Waals surface area (Å²) in [5.74, 6) is -1.93. The Bertz CT molecular complexity index is 677. The molecule has 0 fully saturated rings. The quantitative estimate of drug-likeness (QED) is 0.274. The van der Waals surface area contributed by atoms with E-state index in [1.165, 1.54) is 12.1 Å². The van der Waals surface area contributed by atoms with Gasteiger partial charge in [0.25, 0.3) is 5.69 Å². The van der Waals surface area contributed by atoms with Crippen molar-refractivity contribution in [2.24, 2.45) is 0 Å². The molecule has 22 heavy (non-hydrogen) atoms. The number of thioether (sulfide) groups is 1. The Morgan fingerprint density at radius 2 is 1.68 bits per heavy atom.